The minimum atomic E-state index is 0.122. The van der Waals surface area contributed by atoms with Gasteiger partial charge in [0.15, 0.2) is 0 Å². The summed E-state index contributed by atoms with van der Waals surface area (Å²) >= 11 is 6.27. The van der Waals surface area contributed by atoms with Gasteiger partial charge < -0.3 is 0 Å². The summed E-state index contributed by atoms with van der Waals surface area (Å²) in [5.74, 6) is 7.18. The Kier molecular flexibility index (Phi) is 4.65. The van der Waals surface area contributed by atoms with Crippen LogP contribution in [0.25, 0.3) is 0 Å². The lowest BCUT2D eigenvalue weighted by Gasteiger charge is -2.24. The Morgan fingerprint density at radius 1 is 1.56 bits per heavy atom. The Morgan fingerprint density at radius 3 is 2.89 bits per heavy atom. The second kappa shape index (κ2) is 6.04. The number of halogens is 1. The summed E-state index contributed by atoms with van der Waals surface area (Å²) in [6.45, 7) is 5.16. The van der Waals surface area contributed by atoms with Crippen molar-refractivity contribution in [3.8, 4) is 0 Å². The Hall–Kier alpha value is -0.580. The average molecular weight is 271 g/mol. The van der Waals surface area contributed by atoms with Crippen molar-refractivity contribution in [2.75, 3.05) is 0 Å². The molecule has 1 saturated carbocycles. The third-order valence-corrected chi connectivity index (χ3v) is 4.53. The van der Waals surface area contributed by atoms with Gasteiger partial charge in [-0.25, -0.2) is 0 Å². The number of nitrogens with zero attached hydrogens (tertiary/aromatic N) is 2. The zero-order chi connectivity index (χ0) is 13.1. The summed E-state index contributed by atoms with van der Waals surface area (Å²) in [6.07, 6.45) is 6.73. The normalized spacial score (nSPS) is 25.6. The minimum absolute atomic E-state index is 0.122. The van der Waals surface area contributed by atoms with Crippen LogP contribution >= 0.6 is 11.6 Å². The molecular formula is C13H23ClN4. The van der Waals surface area contributed by atoms with Crippen LogP contribution in [0, 0.1) is 11.8 Å². The quantitative estimate of drug-likeness (QED) is 0.639. The van der Waals surface area contributed by atoms with Crippen molar-refractivity contribution in [3.05, 3.63) is 16.9 Å². The molecule has 0 aromatic carbocycles. The molecule has 1 aromatic heterocycles. The van der Waals surface area contributed by atoms with Gasteiger partial charge >= 0.3 is 0 Å². The highest BCUT2D eigenvalue weighted by atomic mass is 35.5. The highest BCUT2D eigenvalue weighted by Gasteiger charge is 2.33. The molecule has 0 spiro atoms. The molecule has 0 aliphatic heterocycles. The molecule has 0 radical (unpaired) electrons. The van der Waals surface area contributed by atoms with Gasteiger partial charge in [-0.15, -0.1) is 0 Å². The first-order chi connectivity index (χ1) is 8.71. The molecule has 0 bridgehead atoms. The number of aryl methyl sites for hydroxylation is 1. The van der Waals surface area contributed by atoms with Crippen molar-refractivity contribution < 1.29 is 0 Å². The van der Waals surface area contributed by atoms with E-state index in [-0.39, 0.29) is 6.04 Å². The molecule has 1 aromatic rings. The molecule has 0 amide bonds. The molecule has 2 rings (SSSR count). The summed E-state index contributed by atoms with van der Waals surface area (Å²) < 4.78 is 1.95. The fraction of sp³-hybridized carbons (Fsp3) is 0.769. The number of hydrogen-bond acceptors (Lipinski definition) is 3. The van der Waals surface area contributed by atoms with Crippen molar-refractivity contribution in [3.63, 3.8) is 0 Å². The molecule has 3 atom stereocenters. The summed E-state index contributed by atoms with van der Waals surface area (Å²) in [6, 6.07) is 0.122. The molecule has 3 unspecified atom stereocenters. The van der Waals surface area contributed by atoms with Crippen LogP contribution in [0.15, 0.2) is 6.20 Å². The van der Waals surface area contributed by atoms with Crippen LogP contribution in [0.2, 0.25) is 5.02 Å². The SMILES string of the molecule is CCC1CCC(C(NN)c2c(Cl)cnn2CC)C1. The first kappa shape index (κ1) is 13.8. The van der Waals surface area contributed by atoms with Crippen LogP contribution < -0.4 is 11.3 Å². The van der Waals surface area contributed by atoms with E-state index < -0.39 is 0 Å². The molecule has 1 fully saturated rings. The smallest absolute Gasteiger partial charge is 0.0834 e. The summed E-state index contributed by atoms with van der Waals surface area (Å²) in [5.41, 5.74) is 4.01. The Morgan fingerprint density at radius 2 is 2.33 bits per heavy atom. The Labute approximate surface area is 114 Å². The van der Waals surface area contributed by atoms with Gasteiger partial charge in [-0.3, -0.25) is 16.0 Å². The lowest BCUT2D eigenvalue weighted by Crippen LogP contribution is -2.34. The largest absolute Gasteiger partial charge is 0.271 e. The van der Waals surface area contributed by atoms with Crippen molar-refractivity contribution in [1.82, 2.24) is 15.2 Å². The van der Waals surface area contributed by atoms with Crippen molar-refractivity contribution in [2.24, 2.45) is 17.7 Å². The van der Waals surface area contributed by atoms with Crippen LogP contribution in [0.1, 0.15) is 51.3 Å². The molecule has 1 heterocycles. The van der Waals surface area contributed by atoms with Gasteiger partial charge in [0.1, 0.15) is 0 Å². The molecular weight excluding hydrogens is 248 g/mol. The zero-order valence-corrected chi connectivity index (χ0v) is 12.0. The predicted molar refractivity (Wildman–Crippen MR) is 74.1 cm³/mol. The third kappa shape index (κ3) is 2.56. The maximum atomic E-state index is 6.27. The van der Waals surface area contributed by atoms with Crippen LogP contribution in [-0.4, -0.2) is 9.78 Å². The van der Waals surface area contributed by atoms with E-state index in [9.17, 15) is 0 Å². The summed E-state index contributed by atoms with van der Waals surface area (Å²) in [5, 5.41) is 5.02. The van der Waals surface area contributed by atoms with Gasteiger partial charge in [-0.2, -0.15) is 5.10 Å². The van der Waals surface area contributed by atoms with Crippen LogP contribution in [0.5, 0.6) is 0 Å². The molecule has 1 aliphatic carbocycles. The van der Waals surface area contributed by atoms with E-state index >= 15 is 0 Å². The highest BCUT2D eigenvalue weighted by Crippen LogP contribution is 2.41. The second-order valence-electron chi connectivity index (χ2n) is 5.19. The van der Waals surface area contributed by atoms with Crippen LogP contribution in [0.4, 0.5) is 0 Å². The number of nitrogens with two attached hydrogens (primary N) is 1. The molecule has 0 saturated heterocycles. The molecule has 4 nitrogen and oxygen atoms in total. The number of rotatable bonds is 5. The summed E-state index contributed by atoms with van der Waals surface area (Å²) in [7, 11) is 0. The minimum Gasteiger partial charge on any atom is -0.271 e. The Bertz CT molecular complexity index is 390. The topological polar surface area (TPSA) is 55.9 Å². The van der Waals surface area contributed by atoms with E-state index in [1.165, 1.54) is 25.7 Å². The predicted octanol–water partition coefficient (Wildman–Crippen LogP) is 2.89. The van der Waals surface area contributed by atoms with Gasteiger partial charge in [0.2, 0.25) is 0 Å². The maximum Gasteiger partial charge on any atom is 0.0834 e. The van der Waals surface area contributed by atoms with E-state index in [2.05, 4.69) is 24.4 Å². The molecule has 1 aliphatic rings. The first-order valence-corrected chi connectivity index (χ1v) is 7.26. The zero-order valence-electron chi connectivity index (χ0n) is 11.2. The van der Waals surface area contributed by atoms with E-state index in [1.807, 2.05) is 4.68 Å². The van der Waals surface area contributed by atoms with Gasteiger partial charge in [0, 0.05) is 6.54 Å². The van der Waals surface area contributed by atoms with Gasteiger partial charge in [0.25, 0.3) is 0 Å². The lowest BCUT2D eigenvalue weighted by molar-refractivity contribution is 0.339. The monoisotopic (exact) mass is 270 g/mol. The fourth-order valence-electron chi connectivity index (χ4n) is 3.16. The third-order valence-electron chi connectivity index (χ3n) is 4.24. The van der Waals surface area contributed by atoms with Crippen molar-refractivity contribution in [1.29, 1.82) is 0 Å². The van der Waals surface area contributed by atoms with E-state index in [0.717, 1.165) is 23.2 Å². The number of nitrogens with one attached hydrogen (secondary N) is 1. The van der Waals surface area contributed by atoms with E-state index in [1.54, 1.807) is 6.20 Å². The standard InChI is InChI=1S/C13H23ClN4/c1-3-9-5-6-10(7-9)12(17-15)13-11(14)8-16-18(13)4-2/h8-10,12,17H,3-7,15H2,1-2H3. The van der Waals surface area contributed by atoms with Gasteiger partial charge in [0.05, 0.1) is 23.0 Å². The molecule has 5 heteroatoms. The average Bonchev–Trinajstić information content (AvgIpc) is 2.99. The number of aromatic nitrogens is 2. The van der Waals surface area contributed by atoms with Crippen LogP contribution in [-0.2, 0) is 6.54 Å². The highest BCUT2D eigenvalue weighted by molar-refractivity contribution is 6.31. The van der Waals surface area contributed by atoms with Crippen molar-refractivity contribution in [2.45, 2.75) is 52.1 Å². The van der Waals surface area contributed by atoms with Crippen molar-refractivity contribution >= 4 is 11.6 Å². The van der Waals surface area contributed by atoms with Gasteiger partial charge in [-0.05, 0) is 31.6 Å². The second-order valence-corrected chi connectivity index (χ2v) is 5.59. The maximum absolute atomic E-state index is 6.27. The number of hydrogen-bond donors (Lipinski definition) is 2. The molecule has 3 N–H and O–H groups in total. The number of hydrazine groups is 1. The van der Waals surface area contributed by atoms with Gasteiger partial charge in [-0.1, -0.05) is 31.4 Å². The summed E-state index contributed by atoms with van der Waals surface area (Å²) in [4.78, 5) is 0. The Balaban J connectivity index is 2.20. The fourth-order valence-corrected chi connectivity index (χ4v) is 3.42. The van der Waals surface area contributed by atoms with E-state index in [0.29, 0.717) is 5.92 Å². The molecule has 18 heavy (non-hydrogen) atoms. The molecule has 102 valence electrons. The first-order valence-electron chi connectivity index (χ1n) is 6.88. The van der Waals surface area contributed by atoms with E-state index in [4.69, 9.17) is 17.4 Å². The van der Waals surface area contributed by atoms with Crippen LogP contribution in [0.3, 0.4) is 0 Å². The lowest BCUT2D eigenvalue weighted by atomic mass is 9.94.